The molecule has 0 amide bonds. The Bertz CT molecular complexity index is 419. The zero-order chi connectivity index (χ0) is 9.26. The Labute approximate surface area is 76.3 Å². The first-order valence-corrected chi connectivity index (χ1v) is 4.03. The average Bonchev–Trinajstić information content (AvgIpc) is 2.51. The highest BCUT2D eigenvalue weighted by molar-refractivity contribution is 5.54. The van der Waals surface area contributed by atoms with Crippen molar-refractivity contribution in [3.8, 4) is 11.4 Å². The Morgan fingerprint density at radius 3 is 2.77 bits per heavy atom. The van der Waals surface area contributed by atoms with Crippen molar-refractivity contribution in [1.82, 2.24) is 19.7 Å². The second-order valence-electron chi connectivity index (χ2n) is 3.02. The van der Waals surface area contributed by atoms with E-state index in [1.54, 1.807) is 12.5 Å². The Morgan fingerprint density at radius 2 is 2.15 bits per heavy atom. The van der Waals surface area contributed by atoms with Crippen LogP contribution in [0.1, 0.15) is 5.56 Å². The summed E-state index contributed by atoms with van der Waals surface area (Å²) < 4.78 is 1.87. The van der Waals surface area contributed by atoms with E-state index in [1.807, 2.05) is 30.8 Å². The molecule has 0 atom stereocenters. The van der Waals surface area contributed by atoms with Gasteiger partial charge in [0.05, 0.1) is 0 Å². The van der Waals surface area contributed by atoms with Crippen LogP contribution in [0.3, 0.4) is 0 Å². The highest BCUT2D eigenvalue weighted by atomic mass is 15.2. The molecule has 0 saturated heterocycles. The number of rotatable bonds is 1. The Hall–Kier alpha value is -1.71. The molecule has 2 aromatic rings. The second kappa shape index (κ2) is 2.97. The Kier molecular flexibility index (Phi) is 1.81. The number of aryl methyl sites for hydroxylation is 2. The van der Waals surface area contributed by atoms with Gasteiger partial charge < -0.3 is 4.57 Å². The summed E-state index contributed by atoms with van der Waals surface area (Å²) in [6.45, 7) is 2.01. The van der Waals surface area contributed by atoms with Crippen molar-refractivity contribution >= 4 is 0 Å². The average molecular weight is 174 g/mol. The minimum Gasteiger partial charge on any atom is -0.317 e. The maximum Gasteiger partial charge on any atom is 0.165 e. The van der Waals surface area contributed by atoms with E-state index in [9.17, 15) is 0 Å². The molecule has 2 aromatic heterocycles. The number of hydrogen-bond acceptors (Lipinski definition) is 3. The van der Waals surface area contributed by atoms with Crippen LogP contribution < -0.4 is 0 Å². The van der Waals surface area contributed by atoms with Crippen LogP contribution in [0.2, 0.25) is 0 Å². The molecule has 0 unspecified atom stereocenters. The van der Waals surface area contributed by atoms with Gasteiger partial charge in [0.25, 0.3) is 0 Å². The summed E-state index contributed by atoms with van der Waals surface area (Å²) in [4.78, 5) is 4.10. The van der Waals surface area contributed by atoms with Crippen LogP contribution in [-0.4, -0.2) is 19.7 Å². The molecule has 0 bridgehead atoms. The van der Waals surface area contributed by atoms with E-state index in [0.717, 1.165) is 17.0 Å². The molecule has 0 spiro atoms. The van der Waals surface area contributed by atoms with E-state index in [-0.39, 0.29) is 0 Å². The lowest BCUT2D eigenvalue weighted by Crippen LogP contribution is -1.92. The predicted octanol–water partition coefficient (Wildman–Crippen LogP) is 1.19. The molecule has 0 fully saturated rings. The highest BCUT2D eigenvalue weighted by Gasteiger charge is 2.03. The number of nitrogens with zero attached hydrogens (tertiary/aromatic N) is 4. The summed E-state index contributed by atoms with van der Waals surface area (Å²) in [5, 5.41) is 7.81. The van der Waals surface area contributed by atoms with Crippen molar-refractivity contribution in [2.24, 2.45) is 7.05 Å². The van der Waals surface area contributed by atoms with Gasteiger partial charge in [-0.1, -0.05) is 0 Å². The summed E-state index contributed by atoms with van der Waals surface area (Å²) >= 11 is 0. The van der Waals surface area contributed by atoms with Gasteiger partial charge in [0.15, 0.2) is 5.82 Å². The fourth-order valence-corrected chi connectivity index (χ4v) is 1.22. The first kappa shape index (κ1) is 7.91. The van der Waals surface area contributed by atoms with Crippen LogP contribution >= 0.6 is 0 Å². The topological polar surface area (TPSA) is 43.6 Å². The van der Waals surface area contributed by atoms with Gasteiger partial charge >= 0.3 is 0 Å². The maximum atomic E-state index is 4.10. The zero-order valence-corrected chi connectivity index (χ0v) is 7.60. The van der Waals surface area contributed by atoms with Crippen molar-refractivity contribution < 1.29 is 0 Å². The fourth-order valence-electron chi connectivity index (χ4n) is 1.22. The normalized spacial score (nSPS) is 10.3. The monoisotopic (exact) mass is 174 g/mol. The van der Waals surface area contributed by atoms with Crippen molar-refractivity contribution in [1.29, 1.82) is 0 Å². The third kappa shape index (κ3) is 1.42. The van der Waals surface area contributed by atoms with E-state index >= 15 is 0 Å². The van der Waals surface area contributed by atoms with Crippen LogP contribution in [0.25, 0.3) is 11.4 Å². The van der Waals surface area contributed by atoms with Crippen molar-refractivity contribution in [2.45, 2.75) is 6.92 Å². The standard InChI is InChI=1S/C9H10N4/c1-7-3-8(5-10-4-7)9-12-11-6-13(9)2/h3-6H,1-2H3. The smallest absolute Gasteiger partial charge is 0.165 e. The van der Waals surface area contributed by atoms with Crippen LogP contribution in [-0.2, 0) is 7.05 Å². The third-order valence-electron chi connectivity index (χ3n) is 1.84. The van der Waals surface area contributed by atoms with Gasteiger partial charge in [0.2, 0.25) is 0 Å². The summed E-state index contributed by atoms with van der Waals surface area (Å²) in [5.74, 6) is 0.844. The number of pyridine rings is 1. The lowest BCUT2D eigenvalue weighted by Gasteiger charge is -1.99. The van der Waals surface area contributed by atoms with E-state index in [0.29, 0.717) is 0 Å². The largest absolute Gasteiger partial charge is 0.317 e. The van der Waals surface area contributed by atoms with Crippen molar-refractivity contribution in [2.75, 3.05) is 0 Å². The van der Waals surface area contributed by atoms with E-state index in [4.69, 9.17) is 0 Å². The van der Waals surface area contributed by atoms with Gasteiger partial charge in [-0.05, 0) is 18.6 Å². The van der Waals surface area contributed by atoms with E-state index < -0.39 is 0 Å². The molecule has 4 nitrogen and oxygen atoms in total. The van der Waals surface area contributed by atoms with Gasteiger partial charge in [-0.2, -0.15) is 0 Å². The molecular formula is C9H10N4. The molecule has 0 radical (unpaired) electrons. The summed E-state index contributed by atoms with van der Waals surface area (Å²) in [6, 6.07) is 2.04. The Balaban J connectivity index is 2.53. The predicted molar refractivity (Wildman–Crippen MR) is 49.0 cm³/mol. The quantitative estimate of drug-likeness (QED) is 0.652. The van der Waals surface area contributed by atoms with E-state index in [1.165, 1.54) is 0 Å². The molecule has 0 aromatic carbocycles. The van der Waals surface area contributed by atoms with Gasteiger partial charge in [0.1, 0.15) is 6.33 Å². The Morgan fingerprint density at radius 1 is 1.31 bits per heavy atom. The minimum absolute atomic E-state index is 0.844. The molecule has 0 N–H and O–H groups in total. The molecule has 0 aliphatic carbocycles. The van der Waals surface area contributed by atoms with Crippen LogP contribution in [0.5, 0.6) is 0 Å². The lowest BCUT2D eigenvalue weighted by molar-refractivity contribution is 0.918. The third-order valence-corrected chi connectivity index (χ3v) is 1.84. The first-order chi connectivity index (χ1) is 6.27. The second-order valence-corrected chi connectivity index (χ2v) is 3.02. The minimum atomic E-state index is 0.844. The van der Waals surface area contributed by atoms with Crippen LogP contribution in [0.4, 0.5) is 0 Å². The summed E-state index contributed by atoms with van der Waals surface area (Å²) in [5.41, 5.74) is 2.13. The summed E-state index contributed by atoms with van der Waals surface area (Å²) in [7, 11) is 1.91. The molecule has 2 heterocycles. The highest BCUT2D eigenvalue weighted by Crippen LogP contribution is 2.14. The molecule has 0 aliphatic heterocycles. The molecule has 4 heteroatoms. The first-order valence-electron chi connectivity index (χ1n) is 4.03. The van der Waals surface area contributed by atoms with E-state index in [2.05, 4.69) is 15.2 Å². The SMILES string of the molecule is Cc1cncc(-c2nncn2C)c1. The fraction of sp³-hybridized carbons (Fsp3) is 0.222. The van der Waals surface area contributed by atoms with Crippen molar-refractivity contribution in [3.63, 3.8) is 0 Å². The molecule has 13 heavy (non-hydrogen) atoms. The molecule has 66 valence electrons. The molecule has 0 saturated carbocycles. The van der Waals surface area contributed by atoms with Crippen LogP contribution in [0.15, 0.2) is 24.8 Å². The number of hydrogen-bond donors (Lipinski definition) is 0. The van der Waals surface area contributed by atoms with Gasteiger partial charge in [-0.15, -0.1) is 10.2 Å². The van der Waals surface area contributed by atoms with Crippen LogP contribution in [0, 0.1) is 6.92 Å². The van der Waals surface area contributed by atoms with Gasteiger partial charge in [-0.3, -0.25) is 4.98 Å². The summed E-state index contributed by atoms with van der Waals surface area (Å²) in [6.07, 6.45) is 5.29. The molecule has 2 rings (SSSR count). The number of aromatic nitrogens is 4. The van der Waals surface area contributed by atoms with Gasteiger partial charge in [0, 0.05) is 25.0 Å². The maximum absolute atomic E-state index is 4.10. The molecule has 0 aliphatic rings. The van der Waals surface area contributed by atoms with Crippen molar-refractivity contribution in [3.05, 3.63) is 30.4 Å². The molecular weight excluding hydrogens is 164 g/mol. The van der Waals surface area contributed by atoms with Gasteiger partial charge in [-0.25, -0.2) is 0 Å². The lowest BCUT2D eigenvalue weighted by atomic mass is 10.2. The zero-order valence-electron chi connectivity index (χ0n) is 7.60.